The molecule has 13 heavy (non-hydrogen) atoms. The minimum atomic E-state index is -0.615. The molecule has 3 nitrogen and oxygen atoms in total. The molecule has 3 heteroatoms. The third kappa shape index (κ3) is 1.36. The number of Topliss-reactive ketones (excluding diaryl/α,β-unsaturated/α-hetero) is 1. The fourth-order valence-corrected chi connectivity index (χ4v) is 1.74. The van der Waals surface area contributed by atoms with Gasteiger partial charge in [-0.15, -0.1) is 0 Å². The molecule has 2 saturated carbocycles. The number of carbonyl (C=O) groups excluding carboxylic acids is 2. The Labute approximate surface area is 77.9 Å². The van der Waals surface area contributed by atoms with Crippen molar-refractivity contribution in [1.82, 2.24) is 5.32 Å². The second-order valence-corrected chi connectivity index (χ2v) is 4.24. The zero-order valence-corrected chi connectivity index (χ0v) is 7.93. The molecule has 0 unspecified atom stereocenters. The van der Waals surface area contributed by atoms with Crippen molar-refractivity contribution in [1.29, 1.82) is 0 Å². The van der Waals surface area contributed by atoms with Gasteiger partial charge < -0.3 is 5.32 Å². The van der Waals surface area contributed by atoms with Crippen LogP contribution in [0.5, 0.6) is 0 Å². The molecule has 0 saturated heterocycles. The zero-order chi connectivity index (χ0) is 9.47. The molecule has 0 aromatic rings. The van der Waals surface area contributed by atoms with Crippen molar-refractivity contribution in [2.75, 3.05) is 0 Å². The molecule has 0 spiro atoms. The molecule has 0 heterocycles. The number of hydrogen-bond acceptors (Lipinski definition) is 2. The summed E-state index contributed by atoms with van der Waals surface area (Å²) in [7, 11) is 0. The largest absolute Gasteiger partial charge is 0.353 e. The van der Waals surface area contributed by atoms with Crippen molar-refractivity contribution < 1.29 is 9.59 Å². The van der Waals surface area contributed by atoms with E-state index in [-0.39, 0.29) is 11.7 Å². The fourth-order valence-electron chi connectivity index (χ4n) is 1.74. The van der Waals surface area contributed by atoms with Gasteiger partial charge in [-0.25, -0.2) is 0 Å². The minimum Gasteiger partial charge on any atom is -0.353 e. The quantitative estimate of drug-likeness (QED) is 0.661. The predicted octanol–water partition coefficient (Wildman–Crippen LogP) is 1.02. The Bertz CT molecular complexity index is 252. The molecule has 2 rings (SSSR count). The van der Waals surface area contributed by atoms with Crippen LogP contribution in [0.1, 0.15) is 39.0 Å². The van der Waals surface area contributed by atoms with Crippen molar-refractivity contribution in [3.05, 3.63) is 0 Å². The molecule has 2 fully saturated rings. The molecular weight excluding hydrogens is 166 g/mol. The molecular formula is C10H15NO2. The normalized spacial score (nSPS) is 24.7. The van der Waals surface area contributed by atoms with Crippen molar-refractivity contribution in [2.45, 2.75) is 45.1 Å². The van der Waals surface area contributed by atoms with E-state index in [1.165, 1.54) is 13.3 Å². The average molecular weight is 181 g/mol. The van der Waals surface area contributed by atoms with E-state index in [9.17, 15) is 9.59 Å². The molecule has 0 radical (unpaired) electrons. The van der Waals surface area contributed by atoms with Gasteiger partial charge in [0, 0.05) is 6.04 Å². The van der Waals surface area contributed by atoms with E-state index < -0.39 is 5.41 Å². The van der Waals surface area contributed by atoms with Crippen LogP contribution in [0.25, 0.3) is 0 Å². The van der Waals surface area contributed by atoms with E-state index in [4.69, 9.17) is 0 Å². The van der Waals surface area contributed by atoms with Crippen molar-refractivity contribution in [3.8, 4) is 0 Å². The fraction of sp³-hybridized carbons (Fsp3) is 0.800. The molecule has 2 aliphatic carbocycles. The molecule has 0 aliphatic heterocycles. The van der Waals surface area contributed by atoms with Gasteiger partial charge in [-0.05, 0) is 39.0 Å². The Kier molecular flexibility index (Phi) is 1.90. The van der Waals surface area contributed by atoms with Gasteiger partial charge in [0.25, 0.3) is 0 Å². The van der Waals surface area contributed by atoms with E-state index in [1.54, 1.807) is 0 Å². The standard InChI is InChI=1S/C10H15NO2/c1-7(12)10(5-6-10)9(13)11-8-3-2-4-8/h8H,2-6H2,1H3,(H,11,13). The number of hydrogen-bond donors (Lipinski definition) is 1. The third-order valence-electron chi connectivity index (χ3n) is 3.30. The van der Waals surface area contributed by atoms with Gasteiger partial charge in [0.05, 0.1) is 0 Å². The number of rotatable bonds is 3. The smallest absolute Gasteiger partial charge is 0.233 e. The highest BCUT2D eigenvalue weighted by atomic mass is 16.2. The summed E-state index contributed by atoms with van der Waals surface area (Å²) < 4.78 is 0. The molecule has 0 bridgehead atoms. The lowest BCUT2D eigenvalue weighted by atomic mass is 9.91. The highest BCUT2D eigenvalue weighted by Crippen LogP contribution is 2.47. The van der Waals surface area contributed by atoms with Crippen LogP contribution in [0.4, 0.5) is 0 Å². The summed E-state index contributed by atoms with van der Waals surface area (Å²) in [6.07, 6.45) is 4.87. The van der Waals surface area contributed by atoms with Crippen LogP contribution in [0, 0.1) is 5.41 Å². The van der Waals surface area contributed by atoms with E-state index in [2.05, 4.69) is 5.32 Å². The highest BCUT2D eigenvalue weighted by Gasteiger charge is 2.54. The number of ketones is 1. The highest BCUT2D eigenvalue weighted by molar-refractivity contribution is 6.07. The van der Waals surface area contributed by atoms with Crippen LogP contribution in [0.15, 0.2) is 0 Å². The SMILES string of the molecule is CC(=O)C1(C(=O)NC2CCC2)CC1. The summed E-state index contributed by atoms with van der Waals surface area (Å²) in [4.78, 5) is 22.8. The summed E-state index contributed by atoms with van der Waals surface area (Å²) in [5.74, 6) is 0.00836. The Hall–Kier alpha value is -0.860. The minimum absolute atomic E-state index is 0.0234. The van der Waals surface area contributed by atoms with Gasteiger partial charge in [-0.3, -0.25) is 9.59 Å². The lowest BCUT2D eigenvalue weighted by molar-refractivity contribution is -0.135. The number of carbonyl (C=O) groups is 2. The van der Waals surface area contributed by atoms with Crippen LogP contribution in [-0.4, -0.2) is 17.7 Å². The Morgan fingerprint density at radius 1 is 1.31 bits per heavy atom. The maximum absolute atomic E-state index is 11.6. The van der Waals surface area contributed by atoms with Gasteiger partial charge in [-0.2, -0.15) is 0 Å². The Morgan fingerprint density at radius 3 is 2.23 bits per heavy atom. The number of nitrogens with one attached hydrogen (secondary N) is 1. The first-order valence-corrected chi connectivity index (χ1v) is 4.97. The molecule has 2 aliphatic rings. The average Bonchev–Trinajstić information content (AvgIpc) is 2.75. The van der Waals surface area contributed by atoms with E-state index >= 15 is 0 Å². The summed E-state index contributed by atoms with van der Waals surface area (Å²) in [5.41, 5.74) is -0.615. The predicted molar refractivity (Wildman–Crippen MR) is 48.1 cm³/mol. The summed E-state index contributed by atoms with van der Waals surface area (Å²) in [5, 5.41) is 2.94. The first kappa shape index (κ1) is 8.73. The summed E-state index contributed by atoms with van der Waals surface area (Å²) >= 11 is 0. The van der Waals surface area contributed by atoms with E-state index in [0.717, 1.165) is 25.7 Å². The molecule has 1 amide bonds. The van der Waals surface area contributed by atoms with Crippen LogP contribution in [-0.2, 0) is 9.59 Å². The van der Waals surface area contributed by atoms with E-state index in [1.807, 2.05) is 0 Å². The van der Waals surface area contributed by atoms with Crippen LogP contribution in [0.3, 0.4) is 0 Å². The van der Waals surface area contributed by atoms with Crippen molar-refractivity contribution in [2.24, 2.45) is 5.41 Å². The topological polar surface area (TPSA) is 46.2 Å². The van der Waals surface area contributed by atoms with Crippen molar-refractivity contribution in [3.63, 3.8) is 0 Å². The second kappa shape index (κ2) is 2.82. The Balaban J connectivity index is 1.92. The molecule has 72 valence electrons. The van der Waals surface area contributed by atoms with Crippen molar-refractivity contribution >= 4 is 11.7 Å². The lowest BCUT2D eigenvalue weighted by Crippen LogP contribution is -2.45. The first-order chi connectivity index (χ1) is 6.15. The van der Waals surface area contributed by atoms with Crippen LogP contribution < -0.4 is 5.32 Å². The number of amides is 1. The molecule has 0 aromatic carbocycles. The van der Waals surface area contributed by atoms with Crippen LogP contribution >= 0.6 is 0 Å². The van der Waals surface area contributed by atoms with Gasteiger partial charge in [0.15, 0.2) is 0 Å². The maximum atomic E-state index is 11.6. The van der Waals surface area contributed by atoms with Gasteiger partial charge in [0.1, 0.15) is 11.2 Å². The van der Waals surface area contributed by atoms with Gasteiger partial charge in [0.2, 0.25) is 5.91 Å². The molecule has 0 aromatic heterocycles. The third-order valence-corrected chi connectivity index (χ3v) is 3.30. The van der Waals surface area contributed by atoms with Crippen LogP contribution in [0.2, 0.25) is 0 Å². The lowest BCUT2D eigenvalue weighted by Gasteiger charge is -2.28. The first-order valence-electron chi connectivity index (χ1n) is 4.97. The van der Waals surface area contributed by atoms with Gasteiger partial charge >= 0.3 is 0 Å². The summed E-state index contributed by atoms with van der Waals surface area (Å²) in [6, 6.07) is 0.351. The second-order valence-electron chi connectivity index (χ2n) is 4.24. The summed E-state index contributed by atoms with van der Waals surface area (Å²) in [6.45, 7) is 1.52. The molecule has 0 atom stereocenters. The maximum Gasteiger partial charge on any atom is 0.233 e. The zero-order valence-electron chi connectivity index (χ0n) is 7.93. The Morgan fingerprint density at radius 2 is 1.92 bits per heavy atom. The van der Waals surface area contributed by atoms with Gasteiger partial charge in [-0.1, -0.05) is 0 Å². The monoisotopic (exact) mass is 181 g/mol. The molecule has 1 N–H and O–H groups in total. The van der Waals surface area contributed by atoms with E-state index in [0.29, 0.717) is 6.04 Å².